The van der Waals surface area contributed by atoms with Crippen molar-refractivity contribution < 1.29 is 4.79 Å². The van der Waals surface area contributed by atoms with E-state index in [1.54, 1.807) is 7.05 Å². The van der Waals surface area contributed by atoms with Crippen molar-refractivity contribution in [1.29, 1.82) is 0 Å². The second kappa shape index (κ2) is 6.77. The summed E-state index contributed by atoms with van der Waals surface area (Å²) in [5, 5.41) is 8.24. The predicted molar refractivity (Wildman–Crippen MR) is 110 cm³/mol. The van der Waals surface area contributed by atoms with Crippen LogP contribution in [-0.4, -0.2) is 55.6 Å². The zero-order valence-electron chi connectivity index (χ0n) is 16.1. The van der Waals surface area contributed by atoms with Crippen molar-refractivity contribution in [3.05, 3.63) is 42.5 Å². The molecule has 0 atom stereocenters. The molecule has 1 saturated heterocycles. The zero-order chi connectivity index (χ0) is 20.0. The van der Waals surface area contributed by atoms with E-state index in [9.17, 15) is 4.79 Å². The van der Waals surface area contributed by atoms with Crippen LogP contribution in [0.25, 0.3) is 27.8 Å². The van der Waals surface area contributed by atoms with E-state index >= 15 is 0 Å². The lowest BCUT2D eigenvalue weighted by atomic mass is 9.96. The molecule has 1 aromatic carbocycles. The average Bonchev–Trinajstić information content (AvgIpc) is 3.35. The van der Waals surface area contributed by atoms with Crippen molar-refractivity contribution in [2.24, 2.45) is 0 Å². The maximum absolute atomic E-state index is 11.9. The van der Waals surface area contributed by atoms with E-state index in [0.717, 1.165) is 41.0 Å². The first kappa shape index (κ1) is 17.5. The Balaban J connectivity index is 1.57. The van der Waals surface area contributed by atoms with Crippen molar-refractivity contribution >= 4 is 28.3 Å². The second-order valence-electron chi connectivity index (χ2n) is 7.31. The fraction of sp³-hybridized carbons (Fsp3) is 0.300. The van der Waals surface area contributed by atoms with Crippen LogP contribution < -0.4 is 11.1 Å². The van der Waals surface area contributed by atoms with Crippen LogP contribution in [0.1, 0.15) is 24.6 Å². The maximum Gasteiger partial charge on any atom is 0.317 e. The molecule has 0 unspecified atom stereocenters. The molecule has 4 heterocycles. The molecule has 9 heteroatoms. The number of anilines is 1. The van der Waals surface area contributed by atoms with Crippen molar-refractivity contribution in [2.75, 3.05) is 25.9 Å². The third-order valence-electron chi connectivity index (χ3n) is 5.63. The van der Waals surface area contributed by atoms with E-state index in [4.69, 9.17) is 10.7 Å². The molecule has 0 saturated carbocycles. The molecule has 3 aromatic heterocycles. The topological polar surface area (TPSA) is 117 Å². The number of para-hydroxylation sites is 1. The number of H-pyrrole nitrogens is 1. The lowest BCUT2D eigenvalue weighted by Crippen LogP contribution is -2.42. The number of benzene rings is 1. The van der Waals surface area contributed by atoms with Gasteiger partial charge in [-0.25, -0.2) is 19.3 Å². The lowest BCUT2D eigenvalue weighted by Gasteiger charge is -2.30. The first-order valence-electron chi connectivity index (χ1n) is 9.69. The number of hydrogen-bond donors (Lipinski definition) is 3. The van der Waals surface area contributed by atoms with Crippen LogP contribution in [0.5, 0.6) is 0 Å². The molecular formula is C20H22N8O. The average molecular weight is 390 g/mol. The largest absolute Gasteiger partial charge is 0.382 e. The second-order valence-corrected chi connectivity index (χ2v) is 7.31. The number of aromatic nitrogens is 5. The molecule has 1 aliphatic rings. The van der Waals surface area contributed by atoms with Gasteiger partial charge in [-0.2, -0.15) is 5.10 Å². The molecular weight excluding hydrogens is 368 g/mol. The molecule has 1 fully saturated rings. The molecule has 1 aliphatic heterocycles. The number of urea groups is 1. The molecule has 148 valence electrons. The highest BCUT2D eigenvalue weighted by molar-refractivity contribution is 5.91. The Morgan fingerprint density at radius 2 is 2.07 bits per heavy atom. The maximum atomic E-state index is 11.9. The number of carbonyl (C=O) groups is 1. The van der Waals surface area contributed by atoms with E-state index in [1.807, 2.05) is 27.6 Å². The number of likely N-dealkylation sites (tertiary alicyclic amines) is 1. The molecule has 0 spiro atoms. The molecule has 2 amide bonds. The number of piperidine rings is 1. The van der Waals surface area contributed by atoms with Gasteiger partial charge in [0.2, 0.25) is 0 Å². The quantitative estimate of drug-likeness (QED) is 0.486. The van der Waals surface area contributed by atoms with Crippen LogP contribution in [0.3, 0.4) is 0 Å². The molecule has 9 nitrogen and oxygen atoms in total. The number of fused-ring (bicyclic) bond motifs is 2. The number of imidazole rings is 1. The summed E-state index contributed by atoms with van der Waals surface area (Å²) in [6, 6.07) is 10.1. The van der Waals surface area contributed by atoms with Gasteiger partial charge in [0, 0.05) is 37.0 Å². The summed E-state index contributed by atoms with van der Waals surface area (Å²) in [6.07, 6.45) is 3.10. The Morgan fingerprint density at radius 3 is 2.83 bits per heavy atom. The van der Waals surface area contributed by atoms with Crippen LogP contribution in [-0.2, 0) is 0 Å². The fourth-order valence-electron chi connectivity index (χ4n) is 4.13. The molecule has 5 rings (SSSR count). The van der Waals surface area contributed by atoms with E-state index in [2.05, 4.69) is 32.5 Å². The summed E-state index contributed by atoms with van der Waals surface area (Å²) < 4.78 is 1.81. The third kappa shape index (κ3) is 2.86. The predicted octanol–water partition coefficient (Wildman–Crippen LogP) is 2.37. The standard InChI is InChI=1S/C20H22N8O/c1-22-20(29)27-8-6-12(7-9-27)19-26-16(17-18(21)23-11-24-28(17)19)15-10-13-4-2-3-5-14(13)25-15/h2-5,10-12,25H,6-9H2,1H3,(H,22,29)(H2,21,23,24). The Morgan fingerprint density at radius 1 is 1.28 bits per heavy atom. The Kier molecular flexibility index (Phi) is 4.08. The summed E-state index contributed by atoms with van der Waals surface area (Å²) in [5.41, 5.74) is 9.62. The van der Waals surface area contributed by atoms with Gasteiger partial charge in [-0.05, 0) is 25.0 Å². The van der Waals surface area contributed by atoms with Gasteiger partial charge in [0.1, 0.15) is 23.4 Å². The third-order valence-corrected chi connectivity index (χ3v) is 5.63. The minimum Gasteiger partial charge on any atom is -0.382 e. The van der Waals surface area contributed by atoms with Gasteiger partial charge in [-0.1, -0.05) is 18.2 Å². The van der Waals surface area contributed by atoms with E-state index < -0.39 is 0 Å². The Labute approximate surface area is 166 Å². The van der Waals surface area contributed by atoms with Crippen LogP contribution >= 0.6 is 0 Å². The summed E-state index contributed by atoms with van der Waals surface area (Å²) in [4.78, 5) is 26.3. The summed E-state index contributed by atoms with van der Waals surface area (Å²) in [7, 11) is 1.66. The molecule has 0 radical (unpaired) electrons. The highest BCUT2D eigenvalue weighted by atomic mass is 16.2. The number of aromatic amines is 1. The first-order valence-corrected chi connectivity index (χ1v) is 9.69. The number of hydrogen-bond acceptors (Lipinski definition) is 5. The summed E-state index contributed by atoms with van der Waals surface area (Å²) >= 11 is 0. The van der Waals surface area contributed by atoms with Gasteiger partial charge in [0.15, 0.2) is 5.82 Å². The number of rotatable bonds is 2. The van der Waals surface area contributed by atoms with E-state index in [-0.39, 0.29) is 11.9 Å². The molecule has 4 N–H and O–H groups in total. The normalized spacial score (nSPS) is 15.3. The smallest absolute Gasteiger partial charge is 0.317 e. The SMILES string of the molecule is CNC(=O)N1CCC(c2nc(-c3cc4ccccc4[nH]3)c3c(N)ncnn23)CC1. The van der Waals surface area contributed by atoms with Crippen LogP contribution in [0.2, 0.25) is 0 Å². The van der Waals surface area contributed by atoms with Crippen LogP contribution in [0.15, 0.2) is 36.7 Å². The minimum atomic E-state index is -0.0400. The molecule has 29 heavy (non-hydrogen) atoms. The Bertz CT molecular complexity index is 1170. The molecule has 0 aliphatic carbocycles. The number of nitrogens with zero attached hydrogens (tertiary/aromatic N) is 5. The minimum absolute atomic E-state index is 0.0400. The highest BCUT2D eigenvalue weighted by Crippen LogP contribution is 2.34. The zero-order valence-corrected chi connectivity index (χ0v) is 16.1. The van der Waals surface area contributed by atoms with Gasteiger partial charge in [-0.15, -0.1) is 0 Å². The van der Waals surface area contributed by atoms with Crippen LogP contribution in [0.4, 0.5) is 10.6 Å². The number of carbonyl (C=O) groups excluding carboxylic acids is 1. The van der Waals surface area contributed by atoms with Gasteiger partial charge < -0.3 is 20.9 Å². The van der Waals surface area contributed by atoms with E-state index in [1.165, 1.54) is 6.33 Å². The summed E-state index contributed by atoms with van der Waals surface area (Å²) in [6.45, 7) is 1.36. The van der Waals surface area contributed by atoms with Crippen molar-refractivity contribution in [2.45, 2.75) is 18.8 Å². The van der Waals surface area contributed by atoms with Crippen LogP contribution in [0, 0.1) is 0 Å². The van der Waals surface area contributed by atoms with E-state index in [0.29, 0.717) is 24.4 Å². The van der Waals surface area contributed by atoms with Gasteiger partial charge >= 0.3 is 6.03 Å². The van der Waals surface area contributed by atoms with Gasteiger partial charge in [-0.3, -0.25) is 0 Å². The molecule has 4 aromatic rings. The molecule has 0 bridgehead atoms. The number of nitrogens with two attached hydrogens (primary N) is 1. The summed E-state index contributed by atoms with van der Waals surface area (Å²) in [5.74, 6) is 1.45. The Hall–Kier alpha value is -3.62. The highest BCUT2D eigenvalue weighted by Gasteiger charge is 2.29. The van der Waals surface area contributed by atoms with Crippen molar-refractivity contribution in [3.8, 4) is 11.4 Å². The first-order chi connectivity index (χ1) is 14.2. The van der Waals surface area contributed by atoms with Crippen molar-refractivity contribution in [3.63, 3.8) is 0 Å². The number of nitrogens with one attached hydrogen (secondary N) is 2. The number of nitrogen functional groups attached to an aromatic ring is 1. The fourth-order valence-corrected chi connectivity index (χ4v) is 4.13. The number of amides is 2. The van der Waals surface area contributed by atoms with Crippen molar-refractivity contribution in [1.82, 2.24) is 34.8 Å². The lowest BCUT2D eigenvalue weighted by molar-refractivity contribution is 0.182. The van der Waals surface area contributed by atoms with Gasteiger partial charge in [0.25, 0.3) is 0 Å². The van der Waals surface area contributed by atoms with Gasteiger partial charge in [0.05, 0.1) is 5.69 Å². The monoisotopic (exact) mass is 390 g/mol.